The second-order valence-electron chi connectivity index (χ2n) is 7.70. The molecule has 1 amide bonds. The number of nitrogens with zero attached hydrogens (tertiary/aromatic N) is 3. The summed E-state index contributed by atoms with van der Waals surface area (Å²) >= 11 is 2.97. The smallest absolute Gasteiger partial charge is 0.250 e. The van der Waals surface area contributed by atoms with Crippen LogP contribution in [0.1, 0.15) is 5.56 Å². The first-order valence-corrected chi connectivity index (χ1v) is 12.6. The Morgan fingerprint density at radius 1 is 1.00 bits per heavy atom. The van der Waals surface area contributed by atoms with Crippen LogP contribution in [-0.2, 0) is 4.79 Å². The van der Waals surface area contributed by atoms with Gasteiger partial charge in [0, 0.05) is 28.6 Å². The fourth-order valence-corrected chi connectivity index (χ4v) is 5.13. The molecule has 0 aliphatic carbocycles. The van der Waals surface area contributed by atoms with Gasteiger partial charge in [-0.2, -0.15) is 5.10 Å². The summed E-state index contributed by atoms with van der Waals surface area (Å²) in [6.07, 6.45) is 5.22. The lowest BCUT2D eigenvalue weighted by molar-refractivity contribution is -0.111. The van der Waals surface area contributed by atoms with E-state index in [1.807, 2.05) is 94.4 Å². The van der Waals surface area contributed by atoms with E-state index in [1.54, 1.807) is 17.4 Å². The van der Waals surface area contributed by atoms with Gasteiger partial charge in [0.15, 0.2) is 10.9 Å². The molecule has 0 atom stereocenters. The van der Waals surface area contributed by atoms with Gasteiger partial charge in [0.05, 0.1) is 10.6 Å². The highest BCUT2D eigenvalue weighted by Crippen LogP contribution is 2.31. The number of amides is 1. The minimum atomic E-state index is -0.264. The second kappa shape index (κ2) is 9.17. The molecule has 0 saturated carbocycles. The van der Waals surface area contributed by atoms with Crippen LogP contribution in [0.3, 0.4) is 0 Å². The number of benzene rings is 2. The maximum Gasteiger partial charge on any atom is 0.250 e. The summed E-state index contributed by atoms with van der Waals surface area (Å²) in [4.78, 5) is 18.2. The van der Waals surface area contributed by atoms with Crippen molar-refractivity contribution in [3.05, 3.63) is 101 Å². The molecule has 1 N–H and O–H groups in total. The Labute approximate surface area is 208 Å². The number of fused-ring (bicyclic) bond motifs is 1. The third-order valence-electron chi connectivity index (χ3n) is 5.34. The molecule has 0 unspecified atom stereocenters. The van der Waals surface area contributed by atoms with Gasteiger partial charge in [-0.1, -0.05) is 42.5 Å². The zero-order chi connectivity index (χ0) is 23.6. The topological polar surface area (TPSA) is 73.0 Å². The first-order chi connectivity index (χ1) is 17.2. The highest BCUT2D eigenvalue weighted by molar-refractivity contribution is 7.14. The summed E-state index contributed by atoms with van der Waals surface area (Å²) in [6, 6.07) is 23.7. The molecule has 0 bridgehead atoms. The molecular formula is C27H18N4O2S2. The lowest BCUT2D eigenvalue weighted by Crippen LogP contribution is -2.07. The Bertz CT molecular complexity index is 1610. The average molecular weight is 495 g/mol. The average Bonchev–Trinajstić information content (AvgIpc) is 3.68. The number of thiazole rings is 1. The Morgan fingerprint density at radius 3 is 2.69 bits per heavy atom. The van der Waals surface area contributed by atoms with Gasteiger partial charge in [-0.3, -0.25) is 10.1 Å². The number of thiophene rings is 1. The van der Waals surface area contributed by atoms with Crippen molar-refractivity contribution in [2.24, 2.45) is 0 Å². The quantitative estimate of drug-likeness (QED) is 0.250. The standard InChI is InChI=1S/C27H18N4O2S2/c32-25(29-27-28-21(17-35-27)23-15-18-7-4-5-10-22(18)33-23)13-12-19-16-31(20-8-2-1-3-9-20)30-26(19)24-11-6-14-34-24/h1-17H,(H,28,29,32)/b13-12+. The predicted molar refractivity (Wildman–Crippen MR) is 142 cm³/mol. The van der Waals surface area contributed by atoms with E-state index in [1.165, 1.54) is 17.4 Å². The third-order valence-corrected chi connectivity index (χ3v) is 6.98. The molecule has 0 aliphatic heterocycles. The first-order valence-electron chi connectivity index (χ1n) is 10.9. The largest absolute Gasteiger partial charge is 0.454 e. The van der Waals surface area contributed by atoms with Crippen LogP contribution in [0.15, 0.2) is 100 Å². The van der Waals surface area contributed by atoms with Gasteiger partial charge in [-0.25, -0.2) is 9.67 Å². The number of rotatable bonds is 6. The van der Waals surface area contributed by atoms with Crippen molar-refractivity contribution < 1.29 is 9.21 Å². The molecule has 8 heteroatoms. The maximum atomic E-state index is 12.7. The van der Waals surface area contributed by atoms with Crippen molar-refractivity contribution in [2.75, 3.05) is 5.32 Å². The maximum absolute atomic E-state index is 12.7. The minimum absolute atomic E-state index is 0.264. The fourth-order valence-electron chi connectivity index (χ4n) is 3.69. The lowest BCUT2D eigenvalue weighted by Gasteiger charge is -1.99. The van der Waals surface area contributed by atoms with Crippen molar-refractivity contribution in [1.82, 2.24) is 14.8 Å². The molecular weight excluding hydrogens is 476 g/mol. The van der Waals surface area contributed by atoms with Gasteiger partial charge in [0.25, 0.3) is 0 Å². The second-order valence-corrected chi connectivity index (χ2v) is 9.51. The molecule has 35 heavy (non-hydrogen) atoms. The first kappa shape index (κ1) is 21.3. The number of anilines is 1. The van der Waals surface area contributed by atoms with Crippen LogP contribution in [0, 0.1) is 0 Å². The van der Waals surface area contributed by atoms with Gasteiger partial charge in [0.2, 0.25) is 5.91 Å². The monoisotopic (exact) mass is 494 g/mol. The van der Waals surface area contributed by atoms with E-state index in [4.69, 9.17) is 9.52 Å². The van der Waals surface area contributed by atoms with Gasteiger partial charge in [-0.15, -0.1) is 22.7 Å². The molecule has 0 radical (unpaired) electrons. The van der Waals surface area contributed by atoms with Gasteiger partial charge in [-0.05, 0) is 41.8 Å². The highest BCUT2D eigenvalue weighted by atomic mass is 32.1. The molecule has 0 spiro atoms. The van der Waals surface area contributed by atoms with Crippen LogP contribution in [0.4, 0.5) is 5.13 Å². The molecule has 6 nitrogen and oxygen atoms in total. The van der Waals surface area contributed by atoms with Crippen LogP contribution in [0.25, 0.3) is 44.8 Å². The van der Waals surface area contributed by atoms with Crippen LogP contribution in [0.5, 0.6) is 0 Å². The molecule has 0 fully saturated rings. The number of hydrogen-bond acceptors (Lipinski definition) is 6. The number of carbonyl (C=O) groups excluding carboxylic acids is 1. The SMILES string of the molecule is O=C(/C=C/c1cn(-c2ccccc2)nc1-c1cccs1)Nc1nc(-c2cc3ccccc3o2)cs1. The summed E-state index contributed by atoms with van der Waals surface area (Å²) in [6.45, 7) is 0. The minimum Gasteiger partial charge on any atom is -0.454 e. The van der Waals surface area contributed by atoms with Crippen molar-refractivity contribution in [1.29, 1.82) is 0 Å². The van der Waals surface area contributed by atoms with Crippen molar-refractivity contribution in [3.63, 3.8) is 0 Å². The number of hydrogen-bond donors (Lipinski definition) is 1. The molecule has 2 aromatic carbocycles. The van der Waals surface area contributed by atoms with E-state index in [9.17, 15) is 4.79 Å². The summed E-state index contributed by atoms with van der Waals surface area (Å²) in [5.41, 5.74) is 4.13. The lowest BCUT2D eigenvalue weighted by atomic mass is 10.2. The van der Waals surface area contributed by atoms with Crippen molar-refractivity contribution in [2.45, 2.75) is 0 Å². The Balaban J connectivity index is 1.22. The highest BCUT2D eigenvalue weighted by Gasteiger charge is 2.13. The predicted octanol–water partition coefficient (Wildman–Crippen LogP) is 7.12. The van der Waals surface area contributed by atoms with Crippen molar-refractivity contribution in [3.8, 4) is 27.7 Å². The summed E-state index contributed by atoms with van der Waals surface area (Å²) < 4.78 is 7.70. The van der Waals surface area contributed by atoms with Gasteiger partial charge in [0.1, 0.15) is 17.0 Å². The third kappa shape index (κ3) is 4.44. The summed E-state index contributed by atoms with van der Waals surface area (Å²) in [7, 11) is 0. The van der Waals surface area contributed by atoms with Crippen LogP contribution in [0.2, 0.25) is 0 Å². The van der Waals surface area contributed by atoms with Crippen LogP contribution in [-0.4, -0.2) is 20.7 Å². The molecule has 170 valence electrons. The van der Waals surface area contributed by atoms with E-state index >= 15 is 0 Å². The Hall–Kier alpha value is -4.27. The number of furan rings is 1. The Morgan fingerprint density at radius 2 is 1.86 bits per heavy atom. The van der Waals surface area contributed by atoms with E-state index in [0.717, 1.165) is 32.8 Å². The Kier molecular flexibility index (Phi) is 5.57. The molecule has 0 saturated heterocycles. The number of nitrogens with one attached hydrogen (secondary N) is 1. The molecule has 6 aromatic rings. The van der Waals surface area contributed by atoms with Crippen LogP contribution < -0.4 is 5.32 Å². The zero-order valence-electron chi connectivity index (χ0n) is 18.3. The summed E-state index contributed by atoms with van der Waals surface area (Å²) in [5, 5.41) is 13.0. The molecule has 6 rings (SSSR count). The normalized spacial score (nSPS) is 11.4. The van der Waals surface area contributed by atoms with E-state index in [0.29, 0.717) is 16.6 Å². The van der Waals surface area contributed by atoms with E-state index in [-0.39, 0.29) is 5.91 Å². The number of para-hydroxylation sites is 2. The zero-order valence-corrected chi connectivity index (χ0v) is 19.9. The molecule has 0 aliphatic rings. The van der Waals surface area contributed by atoms with Crippen LogP contribution >= 0.6 is 22.7 Å². The van der Waals surface area contributed by atoms with Gasteiger partial charge < -0.3 is 4.42 Å². The fraction of sp³-hybridized carbons (Fsp3) is 0. The number of carbonyl (C=O) groups is 1. The summed E-state index contributed by atoms with van der Waals surface area (Å²) in [5.74, 6) is 0.410. The number of aromatic nitrogens is 3. The molecule has 4 aromatic heterocycles. The van der Waals surface area contributed by atoms with Gasteiger partial charge >= 0.3 is 0 Å². The van der Waals surface area contributed by atoms with Crippen molar-refractivity contribution >= 4 is 50.8 Å². The molecule has 4 heterocycles. The van der Waals surface area contributed by atoms with E-state index in [2.05, 4.69) is 10.3 Å². The van der Waals surface area contributed by atoms with E-state index < -0.39 is 0 Å².